The smallest absolute Gasteiger partial charge is 0.122 e. The summed E-state index contributed by atoms with van der Waals surface area (Å²) in [5.74, 6) is 0.804. The maximum atomic E-state index is 9.53. The van der Waals surface area contributed by atoms with Gasteiger partial charge in [0.05, 0.1) is 17.7 Å². The zero-order chi connectivity index (χ0) is 14.5. The van der Waals surface area contributed by atoms with Gasteiger partial charge in [-0.3, -0.25) is 0 Å². The molecule has 2 aromatic carbocycles. The molecule has 102 valence electrons. The molecule has 0 aliphatic rings. The van der Waals surface area contributed by atoms with Crippen LogP contribution in [0, 0.1) is 18.3 Å². The van der Waals surface area contributed by atoms with E-state index in [9.17, 15) is 5.11 Å². The molecule has 3 nitrogen and oxygen atoms in total. The highest BCUT2D eigenvalue weighted by Gasteiger charge is 2.05. The third-order valence-corrected chi connectivity index (χ3v) is 3.16. The minimum Gasteiger partial charge on any atom is -0.489 e. The van der Waals surface area contributed by atoms with Gasteiger partial charge >= 0.3 is 0 Å². The number of benzene rings is 2. The molecule has 0 saturated carbocycles. The number of nitrogens with zero attached hydrogens (tertiary/aromatic N) is 1. The van der Waals surface area contributed by atoms with Gasteiger partial charge in [-0.15, -0.1) is 0 Å². The Bertz CT molecular complexity index is 624. The Labute approximate surface area is 119 Å². The van der Waals surface area contributed by atoms with Crippen molar-refractivity contribution < 1.29 is 9.84 Å². The quantitative estimate of drug-likeness (QED) is 0.922. The lowest BCUT2D eigenvalue weighted by molar-refractivity contribution is 0.199. The van der Waals surface area contributed by atoms with E-state index in [-0.39, 0.29) is 0 Å². The number of nitriles is 1. The van der Waals surface area contributed by atoms with Gasteiger partial charge in [0, 0.05) is 0 Å². The first-order valence-corrected chi connectivity index (χ1v) is 6.50. The summed E-state index contributed by atoms with van der Waals surface area (Å²) in [6.45, 7) is 4.16. The van der Waals surface area contributed by atoms with Crippen LogP contribution < -0.4 is 4.74 Å². The molecule has 0 bridgehead atoms. The summed E-state index contributed by atoms with van der Waals surface area (Å²) < 4.78 is 5.77. The second kappa shape index (κ2) is 6.23. The van der Waals surface area contributed by atoms with Gasteiger partial charge in [0.1, 0.15) is 12.4 Å². The van der Waals surface area contributed by atoms with E-state index in [1.807, 2.05) is 37.3 Å². The van der Waals surface area contributed by atoms with Crippen LogP contribution in [0.2, 0.25) is 0 Å². The summed E-state index contributed by atoms with van der Waals surface area (Å²) in [7, 11) is 0. The molecule has 0 spiro atoms. The van der Waals surface area contributed by atoms with Gasteiger partial charge in [-0.25, -0.2) is 0 Å². The fraction of sp³-hybridized carbons (Fsp3) is 0.235. The second-order valence-corrected chi connectivity index (χ2v) is 4.80. The number of hydrogen-bond acceptors (Lipinski definition) is 3. The zero-order valence-corrected chi connectivity index (χ0v) is 11.6. The average molecular weight is 267 g/mol. The van der Waals surface area contributed by atoms with Gasteiger partial charge in [-0.05, 0) is 54.8 Å². The predicted molar refractivity (Wildman–Crippen MR) is 77.3 cm³/mol. The molecule has 0 saturated heterocycles. The molecule has 0 aromatic heterocycles. The first-order valence-electron chi connectivity index (χ1n) is 6.50. The largest absolute Gasteiger partial charge is 0.489 e. The third-order valence-electron chi connectivity index (χ3n) is 3.16. The highest BCUT2D eigenvalue weighted by atomic mass is 16.5. The second-order valence-electron chi connectivity index (χ2n) is 4.80. The van der Waals surface area contributed by atoms with Gasteiger partial charge in [0.2, 0.25) is 0 Å². The Kier molecular flexibility index (Phi) is 4.39. The van der Waals surface area contributed by atoms with Gasteiger partial charge in [0.25, 0.3) is 0 Å². The molecule has 3 heteroatoms. The van der Waals surface area contributed by atoms with Crippen molar-refractivity contribution in [3.05, 3.63) is 64.7 Å². The van der Waals surface area contributed by atoms with E-state index >= 15 is 0 Å². The maximum Gasteiger partial charge on any atom is 0.122 e. The minimum absolute atomic E-state index is 0.459. The fourth-order valence-corrected chi connectivity index (χ4v) is 1.93. The number of aryl methyl sites for hydroxylation is 1. The molecule has 0 aliphatic carbocycles. The lowest BCUT2D eigenvalue weighted by Crippen LogP contribution is -1.99. The Morgan fingerprint density at radius 1 is 1.20 bits per heavy atom. The monoisotopic (exact) mass is 267 g/mol. The first kappa shape index (κ1) is 14.1. The summed E-state index contributed by atoms with van der Waals surface area (Å²) in [5.41, 5.74) is 3.54. The summed E-state index contributed by atoms with van der Waals surface area (Å²) in [6, 6.07) is 15.1. The number of aliphatic hydroxyl groups excluding tert-OH is 1. The van der Waals surface area contributed by atoms with Gasteiger partial charge < -0.3 is 9.84 Å². The average Bonchev–Trinajstić information content (AvgIpc) is 2.46. The number of aliphatic hydroxyl groups is 1. The van der Waals surface area contributed by atoms with Crippen molar-refractivity contribution in [1.82, 2.24) is 0 Å². The molecule has 2 aromatic rings. The number of ether oxygens (including phenoxy) is 1. The molecular formula is C17H17NO2. The molecule has 0 radical (unpaired) electrons. The Balaban J connectivity index is 2.05. The van der Waals surface area contributed by atoms with E-state index in [1.54, 1.807) is 19.1 Å². The lowest BCUT2D eigenvalue weighted by atomic mass is 10.1. The Hall–Kier alpha value is -2.31. The van der Waals surface area contributed by atoms with Crippen molar-refractivity contribution in [1.29, 1.82) is 5.26 Å². The molecule has 0 amide bonds. The van der Waals surface area contributed by atoms with E-state index in [1.165, 1.54) is 0 Å². The van der Waals surface area contributed by atoms with Gasteiger partial charge in [-0.1, -0.05) is 18.2 Å². The molecule has 2 rings (SSSR count). The van der Waals surface area contributed by atoms with Gasteiger partial charge in [0.15, 0.2) is 0 Å². The minimum atomic E-state index is -0.471. The van der Waals surface area contributed by atoms with E-state index in [4.69, 9.17) is 10.00 Å². The SMILES string of the molecule is Cc1cc([C@@H](C)O)ccc1OCc1ccc(C#N)cc1. The molecule has 0 aliphatic heterocycles. The van der Waals surface area contributed by atoms with Crippen LogP contribution in [0.5, 0.6) is 5.75 Å². The molecule has 0 unspecified atom stereocenters. The van der Waals surface area contributed by atoms with Gasteiger partial charge in [-0.2, -0.15) is 5.26 Å². The number of rotatable bonds is 4. The topological polar surface area (TPSA) is 53.2 Å². The summed E-state index contributed by atoms with van der Waals surface area (Å²) in [5, 5.41) is 18.3. The van der Waals surface area contributed by atoms with Crippen LogP contribution in [0.1, 0.15) is 35.3 Å². The van der Waals surface area contributed by atoms with Crippen LogP contribution in [-0.2, 0) is 6.61 Å². The van der Waals surface area contributed by atoms with Crippen LogP contribution >= 0.6 is 0 Å². The van der Waals surface area contributed by atoms with Crippen LogP contribution in [0.15, 0.2) is 42.5 Å². The molecule has 1 atom stereocenters. The van der Waals surface area contributed by atoms with E-state index in [0.717, 1.165) is 22.4 Å². The summed E-state index contributed by atoms with van der Waals surface area (Å²) in [4.78, 5) is 0. The van der Waals surface area contributed by atoms with Crippen molar-refractivity contribution in [2.45, 2.75) is 26.6 Å². The van der Waals surface area contributed by atoms with Crippen molar-refractivity contribution >= 4 is 0 Å². The molecule has 1 N–H and O–H groups in total. The molecule has 0 fully saturated rings. The molecule has 0 heterocycles. The third kappa shape index (κ3) is 3.37. The summed E-state index contributed by atoms with van der Waals surface area (Å²) in [6.07, 6.45) is -0.471. The van der Waals surface area contributed by atoms with E-state index < -0.39 is 6.10 Å². The highest BCUT2D eigenvalue weighted by Crippen LogP contribution is 2.23. The highest BCUT2D eigenvalue weighted by molar-refractivity contribution is 5.37. The fourth-order valence-electron chi connectivity index (χ4n) is 1.93. The molecular weight excluding hydrogens is 250 g/mol. The van der Waals surface area contributed by atoms with Crippen LogP contribution in [0.25, 0.3) is 0 Å². The van der Waals surface area contributed by atoms with Crippen molar-refractivity contribution in [2.75, 3.05) is 0 Å². The van der Waals surface area contributed by atoms with Crippen LogP contribution in [0.3, 0.4) is 0 Å². The Morgan fingerprint density at radius 3 is 2.45 bits per heavy atom. The van der Waals surface area contributed by atoms with Crippen LogP contribution in [-0.4, -0.2) is 5.11 Å². The zero-order valence-electron chi connectivity index (χ0n) is 11.6. The van der Waals surface area contributed by atoms with E-state index in [2.05, 4.69) is 6.07 Å². The predicted octanol–water partition coefficient (Wildman–Crippen LogP) is 3.50. The van der Waals surface area contributed by atoms with Crippen molar-refractivity contribution in [2.24, 2.45) is 0 Å². The maximum absolute atomic E-state index is 9.53. The molecule has 20 heavy (non-hydrogen) atoms. The normalized spacial score (nSPS) is 11.7. The number of hydrogen-bond donors (Lipinski definition) is 1. The Morgan fingerprint density at radius 2 is 1.90 bits per heavy atom. The van der Waals surface area contributed by atoms with Crippen molar-refractivity contribution in [3.8, 4) is 11.8 Å². The lowest BCUT2D eigenvalue weighted by Gasteiger charge is -2.12. The van der Waals surface area contributed by atoms with E-state index in [0.29, 0.717) is 12.2 Å². The van der Waals surface area contributed by atoms with Crippen LogP contribution in [0.4, 0.5) is 0 Å². The summed E-state index contributed by atoms with van der Waals surface area (Å²) >= 11 is 0. The first-order chi connectivity index (χ1) is 9.60. The van der Waals surface area contributed by atoms with Crippen molar-refractivity contribution in [3.63, 3.8) is 0 Å². The standard InChI is InChI=1S/C17H17NO2/c1-12-9-16(13(2)19)7-8-17(12)20-11-15-5-3-14(10-18)4-6-15/h3-9,13,19H,11H2,1-2H3/t13-/m1/s1.